The van der Waals surface area contributed by atoms with Crippen molar-refractivity contribution in [2.45, 2.75) is 44.7 Å². The summed E-state index contributed by atoms with van der Waals surface area (Å²) in [6, 6.07) is 1.25. The predicted molar refractivity (Wildman–Crippen MR) is 75.2 cm³/mol. The topological polar surface area (TPSA) is 9.49 Å². The lowest BCUT2D eigenvalue weighted by molar-refractivity contribution is -0.496. The third-order valence-corrected chi connectivity index (χ3v) is 3.70. The van der Waals surface area contributed by atoms with Gasteiger partial charge in [-0.15, -0.1) is 0 Å². The summed E-state index contributed by atoms with van der Waals surface area (Å²) in [7, 11) is 11.0. The Bertz CT molecular complexity index is 253. The van der Waals surface area contributed by atoms with E-state index in [2.05, 4.69) is 56.5 Å². The van der Waals surface area contributed by atoms with Crippen LogP contribution in [0.4, 0.5) is 0 Å². The normalized spacial score (nSPS) is 23.6. The first kappa shape index (κ1) is 14.7. The molecule has 0 radical (unpaired) electrons. The number of hydrogen-bond acceptors (Lipinski definition) is 2. The lowest BCUT2D eigenvalue weighted by Crippen LogP contribution is -2.25. The fourth-order valence-electron chi connectivity index (χ4n) is 2.67. The van der Waals surface area contributed by atoms with E-state index in [1.807, 2.05) is 0 Å². The molecular formula is C14H30N3+. The van der Waals surface area contributed by atoms with Crippen LogP contribution < -0.4 is 0 Å². The number of hydrogen-bond donors (Lipinski definition) is 0. The van der Waals surface area contributed by atoms with Crippen molar-refractivity contribution in [1.82, 2.24) is 9.80 Å². The standard InChI is InChI=1S/C14H30N3/c1-7-8-9-10-11-17(6)14-12(15(2)3)13(14)16(4)5/h12-13H,7-11H2,1-6H3/q+1. The molecule has 1 fully saturated rings. The molecule has 1 aliphatic rings. The monoisotopic (exact) mass is 240 g/mol. The second-order valence-electron chi connectivity index (χ2n) is 5.72. The van der Waals surface area contributed by atoms with Gasteiger partial charge in [-0.1, -0.05) is 19.8 Å². The van der Waals surface area contributed by atoms with Crippen LogP contribution in [0.25, 0.3) is 0 Å². The van der Waals surface area contributed by atoms with Gasteiger partial charge in [0.25, 0.3) is 0 Å². The lowest BCUT2D eigenvalue weighted by Gasteiger charge is -2.09. The van der Waals surface area contributed by atoms with E-state index in [1.54, 1.807) is 5.71 Å². The van der Waals surface area contributed by atoms with Crippen molar-refractivity contribution in [1.29, 1.82) is 0 Å². The minimum atomic E-state index is 0.626. The van der Waals surface area contributed by atoms with Gasteiger partial charge in [0.05, 0.1) is 0 Å². The van der Waals surface area contributed by atoms with Gasteiger partial charge in [0.2, 0.25) is 0 Å². The van der Waals surface area contributed by atoms with Crippen LogP contribution in [-0.4, -0.2) is 74.0 Å². The Morgan fingerprint density at radius 3 is 1.88 bits per heavy atom. The molecule has 0 aliphatic heterocycles. The Hall–Kier alpha value is -0.410. The van der Waals surface area contributed by atoms with Crippen LogP contribution >= 0.6 is 0 Å². The van der Waals surface area contributed by atoms with Crippen molar-refractivity contribution in [3.8, 4) is 0 Å². The van der Waals surface area contributed by atoms with Crippen LogP contribution in [0.15, 0.2) is 0 Å². The maximum absolute atomic E-state index is 2.48. The minimum absolute atomic E-state index is 0.626. The summed E-state index contributed by atoms with van der Waals surface area (Å²) in [5.41, 5.74) is 1.59. The number of rotatable bonds is 7. The highest BCUT2D eigenvalue weighted by Crippen LogP contribution is 2.26. The van der Waals surface area contributed by atoms with Gasteiger partial charge in [0.15, 0.2) is 5.71 Å². The summed E-state index contributed by atoms with van der Waals surface area (Å²) in [6.45, 7) is 3.48. The van der Waals surface area contributed by atoms with Gasteiger partial charge < -0.3 is 0 Å². The fraction of sp³-hybridized carbons (Fsp3) is 0.929. The molecule has 3 nitrogen and oxygen atoms in total. The highest BCUT2D eigenvalue weighted by atomic mass is 15.3. The Balaban J connectivity index is 2.51. The zero-order chi connectivity index (χ0) is 13.0. The van der Waals surface area contributed by atoms with E-state index in [1.165, 1.54) is 32.2 Å². The van der Waals surface area contributed by atoms with Gasteiger partial charge in [-0.25, -0.2) is 4.58 Å². The molecule has 0 spiro atoms. The summed E-state index contributed by atoms with van der Waals surface area (Å²) in [4.78, 5) is 4.67. The van der Waals surface area contributed by atoms with Gasteiger partial charge in [-0.3, -0.25) is 9.80 Å². The molecule has 0 N–H and O–H groups in total. The first-order valence-electron chi connectivity index (χ1n) is 6.91. The Labute approximate surface area is 107 Å². The zero-order valence-electron chi connectivity index (χ0n) is 12.5. The summed E-state index contributed by atoms with van der Waals surface area (Å²) in [5.74, 6) is 0. The van der Waals surface area contributed by atoms with Gasteiger partial charge in [0.1, 0.15) is 25.7 Å². The van der Waals surface area contributed by atoms with Crippen molar-refractivity contribution < 1.29 is 4.58 Å². The molecular weight excluding hydrogens is 210 g/mol. The smallest absolute Gasteiger partial charge is 0.191 e. The van der Waals surface area contributed by atoms with Crippen molar-refractivity contribution in [3.63, 3.8) is 0 Å². The molecule has 17 heavy (non-hydrogen) atoms. The third kappa shape index (κ3) is 3.78. The molecule has 0 aromatic heterocycles. The predicted octanol–water partition coefficient (Wildman–Crippen LogP) is 1.52. The minimum Gasteiger partial charge on any atom is -0.296 e. The molecule has 0 aromatic carbocycles. The van der Waals surface area contributed by atoms with Crippen molar-refractivity contribution in [2.75, 3.05) is 41.8 Å². The molecule has 0 bridgehead atoms. The van der Waals surface area contributed by atoms with Gasteiger partial charge in [-0.05, 0) is 34.6 Å². The Morgan fingerprint density at radius 2 is 1.47 bits per heavy atom. The van der Waals surface area contributed by atoms with E-state index >= 15 is 0 Å². The van der Waals surface area contributed by atoms with Gasteiger partial charge >= 0.3 is 0 Å². The van der Waals surface area contributed by atoms with Gasteiger partial charge in [-0.2, -0.15) is 0 Å². The molecule has 100 valence electrons. The van der Waals surface area contributed by atoms with Crippen molar-refractivity contribution in [2.24, 2.45) is 0 Å². The number of nitrogens with zero attached hydrogens (tertiary/aromatic N) is 3. The average Bonchev–Trinajstić information content (AvgIpc) is 2.99. The Morgan fingerprint density at radius 1 is 0.941 bits per heavy atom. The molecule has 1 saturated carbocycles. The third-order valence-electron chi connectivity index (χ3n) is 3.70. The first-order valence-corrected chi connectivity index (χ1v) is 6.91. The molecule has 3 heteroatoms. The van der Waals surface area contributed by atoms with E-state index in [9.17, 15) is 0 Å². The van der Waals surface area contributed by atoms with Crippen LogP contribution in [0.1, 0.15) is 32.6 Å². The second-order valence-corrected chi connectivity index (χ2v) is 5.72. The lowest BCUT2D eigenvalue weighted by atomic mass is 10.2. The summed E-state index contributed by atoms with van der Waals surface area (Å²) in [6.07, 6.45) is 5.39. The van der Waals surface area contributed by atoms with Gasteiger partial charge in [0, 0.05) is 6.42 Å². The van der Waals surface area contributed by atoms with Crippen LogP contribution in [0.2, 0.25) is 0 Å². The molecule has 0 heterocycles. The summed E-state index contributed by atoms with van der Waals surface area (Å²) in [5, 5.41) is 0. The highest BCUT2D eigenvalue weighted by molar-refractivity contribution is 6.07. The van der Waals surface area contributed by atoms with Crippen LogP contribution in [-0.2, 0) is 0 Å². The highest BCUT2D eigenvalue weighted by Gasteiger charge is 2.56. The average molecular weight is 240 g/mol. The molecule has 1 aliphatic carbocycles. The molecule has 2 unspecified atom stereocenters. The number of likely N-dealkylation sites (N-methyl/N-ethyl adjacent to an activating group) is 2. The largest absolute Gasteiger partial charge is 0.296 e. The van der Waals surface area contributed by atoms with E-state index in [-0.39, 0.29) is 0 Å². The molecule has 0 aromatic rings. The first-order chi connectivity index (χ1) is 8.00. The fourth-order valence-corrected chi connectivity index (χ4v) is 2.67. The zero-order valence-corrected chi connectivity index (χ0v) is 12.5. The molecule has 2 atom stereocenters. The van der Waals surface area contributed by atoms with Crippen LogP contribution in [0.5, 0.6) is 0 Å². The summed E-state index contributed by atoms with van der Waals surface area (Å²) < 4.78 is 2.48. The summed E-state index contributed by atoms with van der Waals surface area (Å²) >= 11 is 0. The van der Waals surface area contributed by atoms with Crippen molar-refractivity contribution in [3.05, 3.63) is 0 Å². The molecule has 1 rings (SSSR count). The van der Waals surface area contributed by atoms with E-state index in [0.717, 1.165) is 0 Å². The number of unbranched alkanes of at least 4 members (excludes halogenated alkanes) is 3. The quantitative estimate of drug-likeness (QED) is 0.493. The van der Waals surface area contributed by atoms with Crippen LogP contribution in [0, 0.1) is 0 Å². The van der Waals surface area contributed by atoms with Crippen molar-refractivity contribution >= 4 is 5.71 Å². The molecule has 0 amide bonds. The Kier molecular flexibility index (Phi) is 5.60. The van der Waals surface area contributed by atoms with E-state index < -0.39 is 0 Å². The molecule has 0 saturated heterocycles. The SMILES string of the molecule is CCCCCC[N+](C)=C1C(N(C)C)C1N(C)C. The van der Waals surface area contributed by atoms with Crippen LogP contribution in [0.3, 0.4) is 0 Å². The van der Waals surface area contributed by atoms with E-state index in [4.69, 9.17) is 0 Å². The maximum atomic E-state index is 2.48. The maximum Gasteiger partial charge on any atom is 0.191 e. The van der Waals surface area contributed by atoms with E-state index in [0.29, 0.717) is 12.1 Å². The second kappa shape index (κ2) is 6.50.